The van der Waals surface area contributed by atoms with Gasteiger partial charge in [-0.1, -0.05) is 42.5 Å². The molecule has 3 N–H and O–H groups in total. The van der Waals surface area contributed by atoms with Gasteiger partial charge in [-0.2, -0.15) is 8.78 Å². The fraction of sp³-hybridized carbons (Fsp3) is 0.240. The van der Waals surface area contributed by atoms with E-state index in [9.17, 15) is 22.0 Å². The summed E-state index contributed by atoms with van der Waals surface area (Å²) < 4.78 is 54.1. The van der Waals surface area contributed by atoms with Gasteiger partial charge in [0.05, 0.1) is 23.2 Å². The molecule has 1 atom stereocenters. The predicted octanol–water partition coefficient (Wildman–Crippen LogP) is 4.74. The van der Waals surface area contributed by atoms with Gasteiger partial charge in [-0.15, -0.1) is 0 Å². The summed E-state index contributed by atoms with van der Waals surface area (Å²) in [5, 5.41) is 8.16. The Morgan fingerprint density at radius 3 is 2.47 bits per heavy atom. The number of benzene rings is 3. The van der Waals surface area contributed by atoms with E-state index in [1.54, 1.807) is 12.1 Å². The van der Waals surface area contributed by atoms with Crippen LogP contribution in [-0.4, -0.2) is 21.0 Å². The Morgan fingerprint density at radius 1 is 1.06 bits per heavy atom. The highest BCUT2D eigenvalue weighted by Gasteiger charge is 2.36. The highest BCUT2D eigenvalue weighted by molar-refractivity contribution is 7.90. The second kappa shape index (κ2) is 9.52. The van der Waals surface area contributed by atoms with Crippen molar-refractivity contribution >= 4 is 21.6 Å². The van der Waals surface area contributed by atoms with Gasteiger partial charge in [0.1, 0.15) is 0 Å². The average molecular weight is 486 g/mol. The number of halogens is 2. The Bertz CT molecular complexity index is 1280. The van der Waals surface area contributed by atoms with E-state index < -0.39 is 34.1 Å². The van der Waals surface area contributed by atoms with E-state index in [2.05, 4.69) is 16.0 Å². The maximum Gasteiger partial charge on any atom is 0.319 e. The summed E-state index contributed by atoms with van der Waals surface area (Å²) in [5.41, 5.74) is 2.02. The lowest BCUT2D eigenvalue weighted by atomic mass is 9.96. The van der Waals surface area contributed by atoms with Crippen LogP contribution < -0.4 is 16.0 Å². The van der Waals surface area contributed by atoms with Gasteiger partial charge in [0.2, 0.25) is 0 Å². The first-order chi connectivity index (χ1) is 16.1. The molecule has 0 saturated carbocycles. The van der Waals surface area contributed by atoms with Crippen molar-refractivity contribution in [2.75, 3.05) is 11.9 Å². The van der Waals surface area contributed by atoms with Crippen LogP contribution in [0.3, 0.4) is 0 Å². The van der Waals surface area contributed by atoms with Crippen LogP contribution in [0.15, 0.2) is 77.7 Å². The third-order valence-electron chi connectivity index (χ3n) is 5.71. The number of carbonyl (C=O) groups is 1. The van der Waals surface area contributed by atoms with Crippen molar-refractivity contribution in [1.29, 1.82) is 0 Å². The van der Waals surface area contributed by atoms with Crippen LogP contribution >= 0.6 is 0 Å². The molecule has 1 aliphatic rings. The van der Waals surface area contributed by atoms with Crippen LogP contribution in [0.5, 0.6) is 0 Å². The normalized spacial score (nSPS) is 15.7. The lowest BCUT2D eigenvalue weighted by Gasteiger charge is -2.26. The van der Waals surface area contributed by atoms with Crippen molar-refractivity contribution in [2.45, 2.75) is 36.1 Å². The molecular weight excluding hydrogens is 460 g/mol. The molecule has 178 valence electrons. The van der Waals surface area contributed by atoms with Gasteiger partial charge in [-0.25, -0.2) is 13.2 Å². The highest BCUT2D eigenvalue weighted by Crippen LogP contribution is 2.34. The minimum Gasteiger partial charge on any atom is -0.331 e. The van der Waals surface area contributed by atoms with Crippen molar-refractivity contribution in [3.8, 4) is 0 Å². The van der Waals surface area contributed by atoms with Crippen LogP contribution in [0.4, 0.5) is 19.3 Å². The minimum atomic E-state index is -3.77. The molecule has 0 aromatic heterocycles. The summed E-state index contributed by atoms with van der Waals surface area (Å²) in [6.45, 7) is 1.71. The minimum absolute atomic E-state index is 0.0438. The van der Waals surface area contributed by atoms with Crippen LogP contribution in [0.2, 0.25) is 0 Å². The zero-order chi connectivity index (χ0) is 24.3. The first-order valence-corrected chi connectivity index (χ1v) is 12.5. The molecule has 3 aromatic rings. The quantitative estimate of drug-likeness (QED) is 0.471. The number of amides is 2. The molecule has 2 amide bonds. The first kappa shape index (κ1) is 23.8. The molecule has 1 aliphatic heterocycles. The molecule has 0 radical (unpaired) electrons. The lowest BCUT2D eigenvalue weighted by molar-refractivity contribution is -0.0108. The van der Waals surface area contributed by atoms with Crippen LogP contribution in [0.25, 0.3) is 0 Å². The molecule has 9 heteroatoms. The van der Waals surface area contributed by atoms with Gasteiger partial charge in [0.25, 0.3) is 5.92 Å². The zero-order valence-corrected chi connectivity index (χ0v) is 19.3. The fourth-order valence-corrected chi connectivity index (χ4v) is 5.23. The Balaban J connectivity index is 1.41. The van der Waals surface area contributed by atoms with E-state index in [1.807, 2.05) is 37.3 Å². The number of urea groups is 1. The molecule has 4 rings (SSSR count). The number of nitrogens with one attached hydrogen (secondary N) is 3. The number of rotatable bonds is 6. The number of fused-ring (bicyclic) bond motifs is 1. The van der Waals surface area contributed by atoms with Crippen LogP contribution in [0, 0.1) is 0 Å². The molecule has 6 nitrogen and oxygen atoms in total. The van der Waals surface area contributed by atoms with E-state index in [1.165, 1.54) is 30.3 Å². The molecule has 0 bridgehead atoms. The second-order valence-electron chi connectivity index (χ2n) is 8.31. The lowest BCUT2D eigenvalue weighted by Crippen LogP contribution is -2.36. The van der Waals surface area contributed by atoms with Crippen molar-refractivity contribution in [2.24, 2.45) is 0 Å². The van der Waals surface area contributed by atoms with Gasteiger partial charge in [0.15, 0.2) is 9.84 Å². The van der Waals surface area contributed by atoms with Crippen molar-refractivity contribution in [3.63, 3.8) is 0 Å². The monoisotopic (exact) mass is 485 g/mol. The summed E-state index contributed by atoms with van der Waals surface area (Å²) >= 11 is 0. The Hall–Kier alpha value is -3.30. The molecule has 1 heterocycles. The summed E-state index contributed by atoms with van der Waals surface area (Å²) in [6, 6.07) is 19.0. The SMILES string of the molecule is CC(NC(=O)Nc1ccc(S(=O)(=O)Cc2ccc3c(c2)C(F)(F)CNC3)cc1)c1ccccc1. The summed E-state index contributed by atoms with van der Waals surface area (Å²) in [6.07, 6.45) is 0. The topological polar surface area (TPSA) is 87.3 Å². The van der Waals surface area contributed by atoms with Crippen molar-refractivity contribution in [1.82, 2.24) is 10.6 Å². The number of sulfone groups is 1. The number of hydrogen-bond acceptors (Lipinski definition) is 4. The Kier molecular flexibility index (Phi) is 6.67. The molecular formula is C25H25F2N3O3S. The Labute approximate surface area is 197 Å². The maximum atomic E-state index is 14.2. The number of hydrogen-bond donors (Lipinski definition) is 3. The maximum absolute atomic E-state index is 14.2. The fourth-order valence-electron chi connectivity index (χ4n) is 3.89. The summed E-state index contributed by atoms with van der Waals surface area (Å²) in [5.74, 6) is -3.44. The molecule has 0 aliphatic carbocycles. The second-order valence-corrected chi connectivity index (χ2v) is 10.3. The summed E-state index contributed by atoms with van der Waals surface area (Å²) in [4.78, 5) is 12.3. The van der Waals surface area contributed by atoms with E-state index in [-0.39, 0.29) is 16.5 Å². The van der Waals surface area contributed by atoms with Crippen LogP contribution in [-0.2, 0) is 28.1 Å². The zero-order valence-electron chi connectivity index (χ0n) is 18.5. The molecule has 0 saturated heterocycles. The van der Waals surface area contributed by atoms with E-state index >= 15 is 0 Å². The third kappa shape index (κ3) is 5.43. The first-order valence-electron chi connectivity index (χ1n) is 10.8. The van der Waals surface area contributed by atoms with E-state index in [0.29, 0.717) is 23.4 Å². The smallest absolute Gasteiger partial charge is 0.319 e. The number of alkyl halides is 2. The molecule has 0 spiro atoms. The summed E-state index contributed by atoms with van der Waals surface area (Å²) in [7, 11) is -3.77. The van der Waals surface area contributed by atoms with Gasteiger partial charge in [-0.3, -0.25) is 0 Å². The number of carbonyl (C=O) groups excluding carboxylic acids is 1. The predicted molar refractivity (Wildman–Crippen MR) is 126 cm³/mol. The molecule has 0 fully saturated rings. The van der Waals surface area contributed by atoms with Gasteiger partial charge in [-0.05, 0) is 53.9 Å². The average Bonchev–Trinajstić information content (AvgIpc) is 2.80. The largest absolute Gasteiger partial charge is 0.331 e. The number of anilines is 1. The van der Waals surface area contributed by atoms with Crippen molar-refractivity contribution < 1.29 is 22.0 Å². The van der Waals surface area contributed by atoms with Gasteiger partial charge < -0.3 is 16.0 Å². The van der Waals surface area contributed by atoms with E-state index in [0.717, 1.165) is 5.56 Å². The van der Waals surface area contributed by atoms with Gasteiger partial charge >= 0.3 is 6.03 Å². The molecule has 3 aromatic carbocycles. The third-order valence-corrected chi connectivity index (χ3v) is 7.41. The Morgan fingerprint density at radius 2 is 1.76 bits per heavy atom. The highest BCUT2D eigenvalue weighted by atomic mass is 32.2. The molecule has 34 heavy (non-hydrogen) atoms. The standard InChI is InChI=1S/C25H25F2N3O3S/c1-17(19-5-3-2-4-6-19)29-24(31)30-21-9-11-22(12-10-21)34(32,33)15-18-7-8-20-14-28-16-25(26,27)23(20)13-18/h2-13,17,28H,14-16H2,1H3,(H2,29,30,31). The van der Waals surface area contributed by atoms with Gasteiger partial charge in [0, 0.05) is 17.8 Å². The molecule has 1 unspecified atom stereocenters. The van der Waals surface area contributed by atoms with Crippen molar-refractivity contribution in [3.05, 3.63) is 95.1 Å². The van der Waals surface area contributed by atoms with Crippen LogP contribution in [0.1, 0.15) is 35.2 Å². The van der Waals surface area contributed by atoms with E-state index in [4.69, 9.17) is 0 Å².